The number of benzene rings is 2. The summed E-state index contributed by atoms with van der Waals surface area (Å²) in [6.07, 6.45) is 1.64. The molecule has 2 aromatic heterocycles. The van der Waals surface area contributed by atoms with Crippen LogP contribution in [0.5, 0.6) is 0 Å². The first-order valence-electron chi connectivity index (χ1n) is 11.3. The molecule has 174 valence electrons. The van der Waals surface area contributed by atoms with E-state index < -0.39 is 0 Å². The zero-order valence-electron chi connectivity index (χ0n) is 20.4. The SMILES string of the molecule is CN(C)CCN(C)c1ccc(-c2cc3c(Nc4ccccc4P(C)C)c(C#N)cnc3[nH]2)cc1. The van der Waals surface area contributed by atoms with E-state index in [9.17, 15) is 5.26 Å². The second kappa shape index (κ2) is 10.3. The summed E-state index contributed by atoms with van der Waals surface area (Å²) in [4.78, 5) is 12.4. The monoisotopic (exact) mass is 470 g/mol. The molecule has 0 unspecified atom stereocenters. The molecule has 2 heterocycles. The molecule has 6 nitrogen and oxygen atoms in total. The number of nitrogens with one attached hydrogen (secondary N) is 2. The maximum Gasteiger partial charge on any atom is 0.139 e. The lowest BCUT2D eigenvalue weighted by atomic mass is 10.1. The average Bonchev–Trinajstić information content (AvgIpc) is 3.28. The van der Waals surface area contributed by atoms with Crippen LogP contribution in [0, 0.1) is 11.3 Å². The van der Waals surface area contributed by atoms with E-state index >= 15 is 0 Å². The number of nitrogens with zero attached hydrogens (tertiary/aromatic N) is 4. The summed E-state index contributed by atoms with van der Waals surface area (Å²) in [5, 5.41) is 15.5. The number of hydrogen-bond donors (Lipinski definition) is 2. The third kappa shape index (κ3) is 5.07. The molecule has 4 aromatic rings. The van der Waals surface area contributed by atoms with Gasteiger partial charge >= 0.3 is 0 Å². The predicted octanol–water partition coefficient (Wildman–Crippen LogP) is 5.21. The second-order valence-corrected chi connectivity index (χ2v) is 11.2. The van der Waals surface area contributed by atoms with Gasteiger partial charge in [-0.2, -0.15) is 5.26 Å². The molecule has 2 N–H and O–H groups in total. The number of likely N-dealkylation sites (N-methyl/N-ethyl adjacent to an activating group) is 2. The molecule has 0 amide bonds. The van der Waals surface area contributed by atoms with Gasteiger partial charge in [-0.3, -0.25) is 0 Å². The topological polar surface area (TPSA) is 71.0 Å². The Morgan fingerprint density at radius 1 is 1.03 bits per heavy atom. The molecule has 0 spiro atoms. The van der Waals surface area contributed by atoms with Crippen LogP contribution in [-0.2, 0) is 0 Å². The highest BCUT2D eigenvalue weighted by Gasteiger charge is 2.15. The van der Waals surface area contributed by atoms with Gasteiger partial charge in [-0.05, 0) is 62.6 Å². The van der Waals surface area contributed by atoms with Crippen LogP contribution in [-0.4, -0.2) is 62.4 Å². The molecular weight excluding hydrogens is 439 g/mol. The van der Waals surface area contributed by atoms with Gasteiger partial charge in [0.15, 0.2) is 0 Å². The summed E-state index contributed by atoms with van der Waals surface area (Å²) in [6, 6.07) is 21.2. The van der Waals surface area contributed by atoms with E-state index in [2.05, 4.69) is 114 Å². The second-order valence-electron chi connectivity index (χ2n) is 8.91. The van der Waals surface area contributed by atoms with Crippen molar-refractivity contribution < 1.29 is 0 Å². The number of aromatic amines is 1. The van der Waals surface area contributed by atoms with Crippen molar-refractivity contribution in [3.05, 3.63) is 66.4 Å². The molecule has 0 saturated carbocycles. The van der Waals surface area contributed by atoms with Gasteiger partial charge in [-0.15, -0.1) is 0 Å². The summed E-state index contributed by atoms with van der Waals surface area (Å²) in [5.74, 6) is 0. The van der Waals surface area contributed by atoms with Gasteiger partial charge in [-0.25, -0.2) is 4.98 Å². The maximum atomic E-state index is 9.77. The number of anilines is 3. The van der Waals surface area contributed by atoms with Crippen LogP contribution >= 0.6 is 7.92 Å². The highest BCUT2D eigenvalue weighted by atomic mass is 31.1. The van der Waals surface area contributed by atoms with E-state index in [0.717, 1.165) is 46.8 Å². The lowest BCUT2D eigenvalue weighted by molar-refractivity contribution is 0.416. The number of hydrogen-bond acceptors (Lipinski definition) is 5. The standard InChI is InChI=1S/C27H31N6P/c1-32(2)14-15-33(3)21-12-10-19(11-13-21)24-16-22-26(20(17-28)18-29-27(22)31-24)30-23-8-6-7-9-25(23)34(4)5/h6-13,16,18H,14-15H2,1-5H3,(H2,29,30,31). The molecule has 7 heteroatoms. The van der Waals surface area contributed by atoms with Crippen LogP contribution in [0.3, 0.4) is 0 Å². The van der Waals surface area contributed by atoms with Crippen LogP contribution in [0.25, 0.3) is 22.3 Å². The maximum absolute atomic E-state index is 9.77. The Labute approximate surface area is 203 Å². The van der Waals surface area contributed by atoms with E-state index in [1.807, 2.05) is 6.07 Å². The van der Waals surface area contributed by atoms with Gasteiger partial charge in [0.2, 0.25) is 0 Å². The molecule has 0 saturated heterocycles. The highest BCUT2D eigenvalue weighted by Crippen LogP contribution is 2.35. The van der Waals surface area contributed by atoms with Crippen molar-refractivity contribution in [1.82, 2.24) is 14.9 Å². The quantitative estimate of drug-likeness (QED) is 0.346. The van der Waals surface area contributed by atoms with Crippen molar-refractivity contribution in [3.63, 3.8) is 0 Å². The molecule has 0 fully saturated rings. The van der Waals surface area contributed by atoms with E-state index in [1.54, 1.807) is 6.20 Å². The lowest BCUT2D eigenvalue weighted by Crippen LogP contribution is -2.28. The van der Waals surface area contributed by atoms with Crippen molar-refractivity contribution in [1.29, 1.82) is 5.26 Å². The summed E-state index contributed by atoms with van der Waals surface area (Å²) >= 11 is 0. The molecular formula is C27H31N6P. The number of para-hydroxylation sites is 1. The minimum atomic E-state index is -0.291. The summed E-state index contributed by atoms with van der Waals surface area (Å²) in [7, 11) is 6.00. The van der Waals surface area contributed by atoms with Crippen molar-refractivity contribution in [2.45, 2.75) is 0 Å². The van der Waals surface area contributed by atoms with E-state index in [-0.39, 0.29) is 7.92 Å². The molecule has 2 aromatic carbocycles. The Morgan fingerprint density at radius 2 is 1.76 bits per heavy atom. The smallest absolute Gasteiger partial charge is 0.139 e. The third-order valence-electron chi connectivity index (χ3n) is 5.93. The minimum absolute atomic E-state index is 0.291. The molecule has 0 atom stereocenters. The molecule has 34 heavy (non-hydrogen) atoms. The van der Waals surface area contributed by atoms with Gasteiger partial charge in [0, 0.05) is 48.8 Å². The van der Waals surface area contributed by atoms with Crippen molar-refractivity contribution >= 4 is 41.3 Å². The van der Waals surface area contributed by atoms with E-state index in [4.69, 9.17) is 0 Å². The zero-order chi connectivity index (χ0) is 24.2. The fourth-order valence-corrected chi connectivity index (χ4v) is 4.92. The Hall–Kier alpha value is -3.39. The molecule has 0 radical (unpaired) electrons. The van der Waals surface area contributed by atoms with Crippen LogP contribution in [0.4, 0.5) is 17.1 Å². The molecule has 4 rings (SSSR count). The number of pyridine rings is 1. The van der Waals surface area contributed by atoms with Gasteiger partial charge in [0.25, 0.3) is 0 Å². The van der Waals surface area contributed by atoms with Crippen LogP contribution in [0.15, 0.2) is 60.8 Å². The first-order valence-corrected chi connectivity index (χ1v) is 13.5. The summed E-state index contributed by atoms with van der Waals surface area (Å²) in [6.45, 7) is 6.44. The van der Waals surface area contributed by atoms with Crippen molar-refractivity contribution in [3.8, 4) is 17.3 Å². The fraction of sp³-hybridized carbons (Fsp3) is 0.259. The third-order valence-corrected chi connectivity index (χ3v) is 7.28. The number of H-pyrrole nitrogens is 1. The number of nitriles is 1. The highest BCUT2D eigenvalue weighted by molar-refractivity contribution is 7.64. The fourth-order valence-electron chi connectivity index (χ4n) is 3.93. The predicted molar refractivity (Wildman–Crippen MR) is 146 cm³/mol. The van der Waals surface area contributed by atoms with Gasteiger partial charge < -0.3 is 20.1 Å². The Morgan fingerprint density at radius 3 is 2.44 bits per heavy atom. The van der Waals surface area contributed by atoms with Crippen LogP contribution in [0.1, 0.15) is 5.56 Å². The van der Waals surface area contributed by atoms with Crippen LogP contribution in [0.2, 0.25) is 0 Å². The van der Waals surface area contributed by atoms with Gasteiger partial charge in [0.1, 0.15) is 11.7 Å². The number of aromatic nitrogens is 2. The van der Waals surface area contributed by atoms with Crippen molar-refractivity contribution in [2.75, 3.05) is 57.8 Å². The lowest BCUT2D eigenvalue weighted by Gasteiger charge is -2.21. The van der Waals surface area contributed by atoms with Crippen LogP contribution < -0.4 is 15.5 Å². The van der Waals surface area contributed by atoms with E-state index in [0.29, 0.717) is 5.56 Å². The Bertz CT molecular complexity index is 1320. The largest absolute Gasteiger partial charge is 0.373 e. The average molecular weight is 471 g/mol. The number of rotatable bonds is 8. The summed E-state index contributed by atoms with van der Waals surface area (Å²) in [5.41, 5.74) is 6.36. The first kappa shape index (κ1) is 23.8. The summed E-state index contributed by atoms with van der Waals surface area (Å²) < 4.78 is 0. The van der Waals surface area contributed by atoms with E-state index in [1.165, 1.54) is 11.0 Å². The molecule has 0 aliphatic heterocycles. The molecule has 0 aliphatic carbocycles. The number of fused-ring (bicyclic) bond motifs is 1. The van der Waals surface area contributed by atoms with Crippen molar-refractivity contribution in [2.24, 2.45) is 0 Å². The Balaban J connectivity index is 1.68. The van der Waals surface area contributed by atoms with Gasteiger partial charge in [0.05, 0.1) is 11.3 Å². The van der Waals surface area contributed by atoms with Gasteiger partial charge in [-0.1, -0.05) is 38.3 Å². The normalized spacial score (nSPS) is 11.2. The first-order chi connectivity index (χ1) is 16.4. The zero-order valence-corrected chi connectivity index (χ0v) is 21.3. The Kier molecular flexibility index (Phi) is 7.17. The minimum Gasteiger partial charge on any atom is -0.373 e. The molecule has 0 aliphatic rings. The molecule has 0 bridgehead atoms.